The van der Waals surface area contributed by atoms with E-state index in [2.05, 4.69) is 5.32 Å². The number of carbonyl (C=O) groups excluding carboxylic acids is 4. The minimum absolute atomic E-state index is 0.244. The van der Waals surface area contributed by atoms with Crippen LogP contribution in [0.5, 0.6) is 0 Å². The van der Waals surface area contributed by atoms with Crippen molar-refractivity contribution in [3.05, 3.63) is 99.6 Å². The zero-order chi connectivity index (χ0) is 25.8. The van der Waals surface area contributed by atoms with E-state index < -0.39 is 36.9 Å². The maximum absolute atomic E-state index is 13.5. The predicted molar refractivity (Wildman–Crippen MR) is 136 cm³/mol. The van der Waals surface area contributed by atoms with Crippen molar-refractivity contribution in [3.63, 3.8) is 0 Å². The summed E-state index contributed by atoms with van der Waals surface area (Å²) in [6.45, 7) is 0.769. The lowest BCUT2D eigenvalue weighted by Crippen LogP contribution is -2.41. The first kappa shape index (κ1) is 23.4. The standard InChI is InChI=1S/C29H23ClN2O5/c1-15-10-11-16(12-21(15)30)31-22(33)14-37-23(34)13-32-28(35)26-24-17-6-2-3-7-18(17)25(27(26)29(32)36)20-9-5-4-8-19(20)24/h2-12,24-27H,13-14H2,1H3,(H,31,33)/t24?,25?,26-,27+. The molecule has 3 aliphatic carbocycles. The van der Waals surface area contributed by atoms with Gasteiger partial charge in [-0.3, -0.25) is 24.1 Å². The first-order chi connectivity index (χ1) is 17.8. The van der Waals surface area contributed by atoms with Crippen LogP contribution in [-0.4, -0.2) is 41.7 Å². The van der Waals surface area contributed by atoms with Crippen molar-refractivity contribution >= 4 is 41.0 Å². The Hall–Kier alpha value is -3.97. The van der Waals surface area contributed by atoms with Crippen LogP contribution >= 0.6 is 11.6 Å². The fraction of sp³-hybridized carbons (Fsp3) is 0.241. The third-order valence-electron chi connectivity index (χ3n) is 7.65. The smallest absolute Gasteiger partial charge is 0.326 e. The monoisotopic (exact) mass is 514 g/mol. The first-order valence-corrected chi connectivity index (χ1v) is 12.5. The number of ether oxygens (including phenoxy) is 1. The summed E-state index contributed by atoms with van der Waals surface area (Å²) in [5.41, 5.74) is 5.58. The maximum atomic E-state index is 13.5. The molecule has 37 heavy (non-hydrogen) atoms. The molecule has 1 aliphatic heterocycles. The molecule has 1 saturated heterocycles. The molecule has 3 aromatic carbocycles. The van der Waals surface area contributed by atoms with Gasteiger partial charge in [0.1, 0.15) is 6.54 Å². The zero-order valence-electron chi connectivity index (χ0n) is 19.9. The van der Waals surface area contributed by atoms with Crippen LogP contribution in [0.2, 0.25) is 5.02 Å². The highest BCUT2D eigenvalue weighted by Gasteiger charge is 2.61. The van der Waals surface area contributed by atoms with Crippen molar-refractivity contribution in [2.75, 3.05) is 18.5 Å². The molecule has 3 amide bonds. The number of nitrogens with zero attached hydrogens (tertiary/aromatic N) is 1. The highest BCUT2D eigenvalue weighted by molar-refractivity contribution is 6.31. The van der Waals surface area contributed by atoms with E-state index in [9.17, 15) is 19.2 Å². The molecule has 0 unspecified atom stereocenters. The molecule has 7 rings (SSSR count). The van der Waals surface area contributed by atoms with E-state index in [-0.39, 0.29) is 23.7 Å². The molecule has 0 aromatic heterocycles. The summed E-state index contributed by atoms with van der Waals surface area (Å²) in [5, 5.41) is 3.11. The van der Waals surface area contributed by atoms with E-state index in [1.165, 1.54) is 0 Å². The van der Waals surface area contributed by atoms with E-state index in [4.69, 9.17) is 16.3 Å². The summed E-state index contributed by atoms with van der Waals surface area (Å²) < 4.78 is 5.10. The molecule has 0 radical (unpaired) electrons. The van der Waals surface area contributed by atoms with Crippen molar-refractivity contribution in [1.82, 2.24) is 4.90 Å². The van der Waals surface area contributed by atoms with Gasteiger partial charge in [0.25, 0.3) is 5.91 Å². The lowest BCUT2D eigenvalue weighted by Gasteiger charge is -2.45. The van der Waals surface area contributed by atoms with E-state index in [1.807, 2.05) is 55.5 Å². The summed E-state index contributed by atoms with van der Waals surface area (Å²) in [5.74, 6) is -3.73. The van der Waals surface area contributed by atoms with Crippen LogP contribution in [0.3, 0.4) is 0 Å². The van der Waals surface area contributed by atoms with Gasteiger partial charge in [0, 0.05) is 22.5 Å². The molecule has 4 aliphatic rings. The van der Waals surface area contributed by atoms with Gasteiger partial charge in [0.2, 0.25) is 11.8 Å². The van der Waals surface area contributed by atoms with E-state index in [0.717, 1.165) is 32.7 Å². The lowest BCUT2D eigenvalue weighted by atomic mass is 9.55. The number of anilines is 1. The van der Waals surface area contributed by atoms with Gasteiger partial charge in [-0.05, 0) is 46.9 Å². The summed E-state index contributed by atoms with van der Waals surface area (Å²) in [7, 11) is 0. The minimum atomic E-state index is -0.820. The average molecular weight is 515 g/mol. The summed E-state index contributed by atoms with van der Waals surface area (Å²) in [6, 6.07) is 20.9. The highest BCUT2D eigenvalue weighted by Crippen LogP contribution is 2.60. The molecule has 1 heterocycles. The Morgan fingerprint density at radius 1 is 0.865 bits per heavy atom. The number of esters is 1. The molecule has 7 nitrogen and oxygen atoms in total. The van der Waals surface area contributed by atoms with E-state index >= 15 is 0 Å². The molecular weight excluding hydrogens is 492 g/mol. The van der Waals surface area contributed by atoms with Crippen molar-refractivity contribution in [2.45, 2.75) is 18.8 Å². The molecule has 0 spiro atoms. The topological polar surface area (TPSA) is 92.8 Å². The van der Waals surface area contributed by atoms with Crippen molar-refractivity contribution < 1.29 is 23.9 Å². The number of imide groups is 1. The van der Waals surface area contributed by atoms with E-state index in [1.54, 1.807) is 18.2 Å². The molecule has 8 heteroatoms. The number of carbonyl (C=O) groups is 4. The fourth-order valence-electron chi connectivity index (χ4n) is 6.08. The van der Waals surface area contributed by atoms with Gasteiger partial charge >= 0.3 is 5.97 Å². The molecular formula is C29H23ClN2O5. The Bertz CT molecular complexity index is 1370. The number of benzene rings is 3. The van der Waals surface area contributed by atoms with Gasteiger partial charge in [0.05, 0.1) is 11.8 Å². The molecule has 1 N–H and O–H groups in total. The van der Waals surface area contributed by atoms with Gasteiger partial charge in [-0.1, -0.05) is 66.2 Å². The number of hydrogen-bond donors (Lipinski definition) is 1. The summed E-state index contributed by atoms with van der Waals surface area (Å²) >= 11 is 6.08. The van der Waals surface area contributed by atoms with Crippen LogP contribution in [0.15, 0.2) is 66.7 Å². The Balaban J connectivity index is 1.17. The SMILES string of the molecule is Cc1ccc(NC(=O)COC(=O)CN2C(=O)[C@@H]3C4c5ccccc5C(c5ccccc54)[C@@H]3C2=O)cc1Cl. The maximum Gasteiger partial charge on any atom is 0.326 e. The second-order valence-corrected chi connectivity index (χ2v) is 10.1. The number of likely N-dealkylation sites (tertiary alicyclic amines) is 1. The average Bonchev–Trinajstić information content (AvgIpc) is 3.15. The fourth-order valence-corrected chi connectivity index (χ4v) is 6.26. The number of rotatable bonds is 5. The highest BCUT2D eigenvalue weighted by atomic mass is 35.5. The molecule has 186 valence electrons. The second-order valence-electron chi connectivity index (χ2n) is 9.70. The molecule has 1 fully saturated rings. The Labute approximate surface area is 218 Å². The molecule has 0 saturated carbocycles. The third kappa shape index (κ3) is 3.73. The van der Waals surface area contributed by atoms with E-state index in [0.29, 0.717) is 10.7 Å². The lowest BCUT2D eigenvalue weighted by molar-refractivity contribution is -0.154. The quantitative estimate of drug-likeness (QED) is 0.410. The van der Waals surface area contributed by atoms with Gasteiger partial charge in [-0.25, -0.2) is 0 Å². The van der Waals surface area contributed by atoms with Crippen LogP contribution in [-0.2, 0) is 23.9 Å². The number of nitrogens with one attached hydrogen (secondary N) is 1. The normalized spacial score (nSPS) is 22.8. The Morgan fingerprint density at radius 3 is 1.86 bits per heavy atom. The van der Waals surface area contributed by atoms with Crippen LogP contribution in [0, 0.1) is 18.8 Å². The van der Waals surface area contributed by atoms with Crippen LogP contribution in [0.1, 0.15) is 39.7 Å². The van der Waals surface area contributed by atoms with Gasteiger partial charge in [-0.2, -0.15) is 0 Å². The summed E-state index contributed by atoms with van der Waals surface area (Å²) in [6.07, 6.45) is 0. The first-order valence-electron chi connectivity index (χ1n) is 12.1. The van der Waals surface area contributed by atoms with Crippen molar-refractivity contribution in [2.24, 2.45) is 11.8 Å². The Morgan fingerprint density at radius 2 is 1.38 bits per heavy atom. The summed E-state index contributed by atoms with van der Waals surface area (Å²) in [4.78, 5) is 52.9. The predicted octanol–water partition coefficient (Wildman–Crippen LogP) is 4.02. The third-order valence-corrected chi connectivity index (χ3v) is 8.05. The van der Waals surface area contributed by atoms with Crippen LogP contribution < -0.4 is 5.32 Å². The van der Waals surface area contributed by atoms with Gasteiger partial charge < -0.3 is 10.1 Å². The Kier molecular flexibility index (Phi) is 5.60. The van der Waals surface area contributed by atoms with Crippen LogP contribution in [0.4, 0.5) is 5.69 Å². The number of aryl methyl sites for hydroxylation is 1. The van der Waals surface area contributed by atoms with Crippen molar-refractivity contribution in [1.29, 1.82) is 0 Å². The molecule has 3 aromatic rings. The van der Waals surface area contributed by atoms with Gasteiger partial charge in [0.15, 0.2) is 6.61 Å². The number of amides is 3. The van der Waals surface area contributed by atoms with Crippen LogP contribution in [0.25, 0.3) is 0 Å². The van der Waals surface area contributed by atoms with Gasteiger partial charge in [-0.15, -0.1) is 0 Å². The van der Waals surface area contributed by atoms with Crippen molar-refractivity contribution in [3.8, 4) is 0 Å². The number of hydrogen-bond acceptors (Lipinski definition) is 5. The number of halogens is 1. The molecule has 2 atom stereocenters. The second kappa shape index (κ2) is 8.85. The minimum Gasteiger partial charge on any atom is -0.454 e. The largest absolute Gasteiger partial charge is 0.454 e. The zero-order valence-corrected chi connectivity index (χ0v) is 20.7. The molecule has 2 bridgehead atoms.